The van der Waals surface area contributed by atoms with Crippen molar-refractivity contribution in [3.8, 4) is 0 Å². The molecule has 0 N–H and O–H groups in total. The average molecular weight is 156 g/mol. The molecule has 0 aromatic carbocycles. The number of hydrogen-bond acceptors (Lipinski definition) is 1. The van der Waals surface area contributed by atoms with Gasteiger partial charge in [0.25, 0.3) is 0 Å². The molecule has 0 spiro atoms. The first-order valence-electron chi connectivity index (χ1n) is 4.53. The summed E-state index contributed by atoms with van der Waals surface area (Å²) in [6, 6.07) is 0. The van der Waals surface area contributed by atoms with Crippen LogP contribution < -0.4 is 0 Å². The van der Waals surface area contributed by atoms with Crippen molar-refractivity contribution in [2.75, 3.05) is 11.5 Å². The molecule has 58 valence electrons. The average Bonchev–Trinajstić information content (AvgIpc) is 1.89. The van der Waals surface area contributed by atoms with Gasteiger partial charge in [0.1, 0.15) is 0 Å². The third-order valence-electron chi connectivity index (χ3n) is 2.99. The maximum Gasteiger partial charge on any atom is -0.00391 e. The summed E-state index contributed by atoms with van der Waals surface area (Å²) in [4.78, 5) is 0. The molecule has 0 unspecified atom stereocenters. The van der Waals surface area contributed by atoms with Crippen LogP contribution in [0.25, 0.3) is 0 Å². The van der Waals surface area contributed by atoms with Gasteiger partial charge in [0.15, 0.2) is 0 Å². The second-order valence-corrected chi connectivity index (χ2v) is 4.90. The molecule has 2 heterocycles. The Morgan fingerprint density at radius 1 is 0.800 bits per heavy atom. The SMILES string of the molecule is C1CC2CCC(CC2)CS1. The fourth-order valence-corrected chi connectivity index (χ4v) is 3.52. The molecule has 0 atom stereocenters. The van der Waals surface area contributed by atoms with E-state index in [1.807, 2.05) is 0 Å². The van der Waals surface area contributed by atoms with Crippen LogP contribution in [0.5, 0.6) is 0 Å². The van der Waals surface area contributed by atoms with Gasteiger partial charge < -0.3 is 0 Å². The van der Waals surface area contributed by atoms with Crippen molar-refractivity contribution in [3.05, 3.63) is 0 Å². The second-order valence-electron chi connectivity index (χ2n) is 3.75. The zero-order valence-electron chi connectivity index (χ0n) is 6.51. The minimum absolute atomic E-state index is 1.10. The Hall–Kier alpha value is 0.350. The van der Waals surface area contributed by atoms with Crippen molar-refractivity contribution in [1.82, 2.24) is 0 Å². The van der Waals surface area contributed by atoms with E-state index in [-0.39, 0.29) is 0 Å². The molecule has 3 fully saturated rings. The molecule has 2 bridgehead atoms. The van der Waals surface area contributed by atoms with E-state index in [0.717, 1.165) is 11.8 Å². The highest BCUT2D eigenvalue weighted by Crippen LogP contribution is 2.36. The smallest absolute Gasteiger partial charge is 0.00391 e. The first kappa shape index (κ1) is 7.02. The van der Waals surface area contributed by atoms with Crippen molar-refractivity contribution < 1.29 is 0 Å². The zero-order valence-corrected chi connectivity index (χ0v) is 7.33. The van der Waals surface area contributed by atoms with Crippen LogP contribution in [-0.2, 0) is 0 Å². The molecule has 2 saturated heterocycles. The fourth-order valence-electron chi connectivity index (χ4n) is 2.19. The van der Waals surface area contributed by atoms with Gasteiger partial charge in [-0.15, -0.1) is 0 Å². The highest BCUT2D eigenvalue weighted by molar-refractivity contribution is 7.99. The number of rotatable bonds is 0. The molecule has 0 nitrogen and oxygen atoms in total. The lowest BCUT2D eigenvalue weighted by Gasteiger charge is -2.31. The van der Waals surface area contributed by atoms with E-state index < -0.39 is 0 Å². The van der Waals surface area contributed by atoms with Gasteiger partial charge in [-0.3, -0.25) is 0 Å². The van der Waals surface area contributed by atoms with Crippen molar-refractivity contribution in [3.63, 3.8) is 0 Å². The normalized spacial score (nSPS) is 40.8. The van der Waals surface area contributed by atoms with Gasteiger partial charge in [0.05, 0.1) is 0 Å². The van der Waals surface area contributed by atoms with E-state index in [1.165, 1.54) is 30.8 Å². The van der Waals surface area contributed by atoms with Crippen LogP contribution in [0.1, 0.15) is 32.1 Å². The Kier molecular flexibility index (Phi) is 2.22. The third kappa shape index (κ3) is 1.50. The molecule has 1 aliphatic carbocycles. The summed E-state index contributed by atoms with van der Waals surface area (Å²) in [5.74, 6) is 5.12. The Labute approximate surface area is 67.8 Å². The number of thioether (sulfide) groups is 1. The van der Waals surface area contributed by atoms with Gasteiger partial charge in [0.2, 0.25) is 0 Å². The third-order valence-corrected chi connectivity index (χ3v) is 4.22. The first-order chi connectivity index (χ1) is 4.95. The fraction of sp³-hybridized carbons (Fsp3) is 1.00. The molecule has 1 saturated carbocycles. The molecule has 10 heavy (non-hydrogen) atoms. The number of fused-ring (bicyclic) bond motifs is 5. The van der Waals surface area contributed by atoms with E-state index in [4.69, 9.17) is 0 Å². The predicted molar refractivity (Wildman–Crippen MR) is 47.4 cm³/mol. The standard InChI is InChI=1S/C9H16S/c1-3-9-4-2-8(1)5-6-10-7-9/h8-9H,1-7H2. The Morgan fingerprint density at radius 3 is 2.30 bits per heavy atom. The van der Waals surface area contributed by atoms with Gasteiger partial charge >= 0.3 is 0 Å². The lowest BCUT2D eigenvalue weighted by molar-refractivity contribution is 0.283. The summed E-state index contributed by atoms with van der Waals surface area (Å²) < 4.78 is 0. The van der Waals surface area contributed by atoms with E-state index in [1.54, 1.807) is 12.8 Å². The van der Waals surface area contributed by atoms with Crippen LogP contribution in [0.2, 0.25) is 0 Å². The van der Waals surface area contributed by atoms with Gasteiger partial charge in [0, 0.05) is 0 Å². The van der Waals surface area contributed by atoms with Crippen LogP contribution >= 0.6 is 11.8 Å². The first-order valence-corrected chi connectivity index (χ1v) is 5.68. The maximum absolute atomic E-state index is 2.19. The highest BCUT2D eigenvalue weighted by atomic mass is 32.2. The minimum atomic E-state index is 1.10. The van der Waals surface area contributed by atoms with Crippen LogP contribution in [0, 0.1) is 11.8 Å². The van der Waals surface area contributed by atoms with Crippen molar-refractivity contribution in [2.24, 2.45) is 11.8 Å². The van der Waals surface area contributed by atoms with Crippen LogP contribution in [0.15, 0.2) is 0 Å². The summed E-state index contributed by atoms with van der Waals surface area (Å²) in [6.07, 6.45) is 7.68. The van der Waals surface area contributed by atoms with E-state index in [0.29, 0.717) is 0 Å². The van der Waals surface area contributed by atoms with Crippen LogP contribution in [0.4, 0.5) is 0 Å². The van der Waals surface area contributed by atoms with Crippen LogP contribution in [0.3, 0.4) is 0 Å². The Balaban J connectivity index is 1.94. The maximum atomic E-state index is 2.19. The minimum Gasteiger partial charge on any atom is -0.162 e. The van der Waals surface area contributed by atoms with Crippen molar-refractivity contribution in [1.29, 1.82) is 0 Å². The monoisotopic (exact) mass is 156 g/mol. The molecule has 0 radical (unpaired) electrons. The van der Waals surface area contributed by atoms with Gasteiger partial charge in [-0.05, 0) is 42.6 Å². The quantitative estimate of drug-likeness (QED) is 0.519. The van der Waals surface area contributed by atoms with Crippen LogP contribution in [-0.4, -0.2) is 11.5 Å². The predicted octanol–water partition coefficient (Wildman–Crippen LogP) is 2.93. The zero-order chi connectivity index (χ0) is 6.81. The lowest BCUT2D eigenvalue weighted by Crippen LogP contribution is -2.19. The number of hydrogen-bond donors (Lipinski definition) is 0. The molecule has 3 aliphatic rings. The summed E-state index contributed by atoms with van der Waals surface area (Å²) in [6.45, 7) is 0. The second kappa shape index (κ2) is 3.17. The molecular formula is C9H16S. The van der Waals surface area contributed by atoms with Crippen molar-refractivity contribution >= 4 is 11.8 Å². The van der Waals surface area contributed by atoms with E-state index in [2.05, 4.69) is 11.8 Å². The Bertz CT molecular complexity index is 83.8. The molecule has 0 aromatic heterocycles. The molecule has 3 rings (SSSR count). The molecule has 0 aromatic rings. The topological polar surface area (TPSA) is 0 Å². The van der Waals surface area contributed by atoms with Gasteiger partial charge in [-0.2, -0.15) is 11.8 Å². The summed E-state index contributed by atoms with van der Waals surface area (Å²) in [5, 5.41) is 0. The summed E-state index contributed by atoms with van der Waals surface area (Å²) in [7, 11) is 0. The summed E-state index contributed by atoms with van der Waals surface area (Å²) in [5.41, 5.74) is 0. The largest absolute Gasteiger partial charge is 0.162 e. The van der Waals surface area contributed by atoms with Crippen molar-refractivity contribution in [2.45, 2.75) is 32.1 Å². The Morgan fingerprint density at radius 2 is 1.50 bits per heavy atom. The van der Waals surface area contributed by atoms with E-state index in [9.17, 15) is 0 Å². The molecule has 2 aliphatic heterocycles. The lowest BCUT2D eigenvalue weighted by atomic mass is 9.81. The van der Waals surface area contributed by atoms with Gasteiger partial charge in [-0.25, -0.2) is 0 Å². The summed E-state index contributed by atoms with van der Waals surface area (Å²) >= 11 is 2.19. The van der Waals surface area contributed by atoms with Gasteiger partial charge in [-0.1, -0.05) is 12.8 Å². The molecule has 0 amide bonds. The molecular weight excluding hydrogens is 140 g/mol. The van der Waals surface area contributed by atoms with E-state index >= 15 is 0 Å². The molecule has 1 heteroatoms. The highest BCUT2D eigenvalue weighted by Gasteiger charge is 2.23.